The van der Waals surface area contributed by atoms with Crippen molar-refractivity contribution in [2.45, 2.75) is 19.5 Å². The first-order valence-electron chi connectivity index (χ1n) is 5.33. The van der Waals surface area contributed by atoms with Crippen molar-refractivity contribution in [1.82, 2.24) is 0 Å². The van der Waals surface area contributed by atoms with Gasteiger partial charge in [0.25, 0.3) is 0 Å². The van der Waals surface area contributed by atoms with Crippen LogP contribution in [0.25, 0.3) is 0 Å². The smallest absolute Gasteiger partial charge is 0.168 e. The third kappa shape index (κ3) is 5.94. The van der Waals surface area contributed by atoms with Crippen LogP contribution in [0, 0.1) is 0 Å². The number of hydrogen-bond donors (Lipinski definition) is 0. The lowest BCUT2D eigenvalue weighted by Crippen LogP contribution is -2.38. The van der Waals surface area contributed by atoms with E-state index in [-0.39, 0.29) is 34.0 Å². The molecule has 0 saturated carbocycles. The molecule has 0 saturated heterocycles. The molecule has 4 heteroatoms. The van der Waals surface area contributed by atoms with E-state index in [1.165, 1.54) is 0 Å². The molecule has 2 aromatic heterocycles. The van der Waals surface area contributed by atoms with Gasteiger partial charge in [-0.25, -0.2) is 9.13 Å². The van der Waals surface area contributed by atoms with Gasteiger partial charge < -0.3 is 0 Å². The van der Waals surface area contributed by atoms with Crippen LogP contribution in [0.2, 0.25) is 0 Å². The predicted molar refractivity (Wildman–Crippen MR) is 78.5 cm³/mol. The second-order valence-electron chi connectivity index (χ2n) is 3.58. The van der Waals surface area contributed by atoms with E-state index >= 15 is 0 Å². The fourth-order valence-corrected chi connectivity index (χ4v) is 1.60. The molecule has 92 valence electrons. The Labute approximate surface area is 123 Å². The number of nitrogens with zero attached hydrogens (tertiary/aromatic N) is 2. The zero-order valence-electron chi connectivity index (χ0n) is 9.61. The molecule has 2 heterocycles. The van der Waals surface area contributed by atoms with E-state index in [4.69, 9.17) is 0 Å². The topological polar surface area (TPSA) is 7.76 Å². The standard InChI is InChI=1S/C13H16N2.2BrH/c1-3-8-14(9-4-1)12-7-13-15-10-5-2-6-11-15;;/h1-6,8-11H,7,12-13H2;2*1H/q+2;;. The summed E-state index contributed by atoms with van der Waals surface area (Å²) >= 11 is 0. The van der Waals surface area contributed by atoms with Crippen LogP contribution in [0.1, 0.15) is 6.42 Å². The molecule has 0 amide bonds. The average Bonchev–Trinajstić information content (AvgIpc) is 2.32. The van der Waals surface area contributed by atoms with Crippen molar-refractivity contribution >= 4 is 34.0 Å². The maximum Gasteiger partial charge on any atom is 0.168 e. The number of aromatic nitrogens is 2. The second kappa shape index (κ2) is 9.31. The molecule has 2 nitrogen and oxygen atoms in total. The van der Waals surface area contributed by atoms with Gasteiger partial charge in [-0.15, -0.1) is 34.0 Å². The molecule has 17 heavy (non-hydrogen) atoms. The lowest BCUT2D eigenvalue weighted by atomic mass is 10.3. The quantitative estimate of drug-likeness (QED) is 0.739. The van der Waals surface area contributed by atoms with Crippen LogP contribution >= 0.6 is 34.0 Å². The molecule has 2 aromatic rings. The molecule has 0 aliphatic heterocycles. The van der Waals surface area contributed by atoms with Gasteiger partial charge in [0.1, 0.15) is 0 Å². The van der Waals surface area contributed by atoms with Gasteiger partial charge in [-0.3, -0.25) is 0 Å². The first-order chi connectivity index (χ1) is 7.45. The fourth-order valence-electron chi connectivity index (χ4n) is 1.60. The fraction of sp³-hybridized carbons (Fsp3) is 0.231. The van der Waals surface area contributed by atoms with Crippen LogP contribution in [0.3, 0.4) is 0 Å². The number of rotatable bonds is 4. The van der Waals surface area contributed by atoms with Gasteiger partial charge in [-0.2, -0.15) is 0 Å². The molecular weight excluding hydrogens is 344 g/mol. The highest BCUT2D eigenvalue weighted by atomic mass is 79.9. The lowest BCUT2D eigenvalue weighted by Gasteiger charge is -1.95. The first-order valence-corrected chi connectivity index (χ1v) is 5.33. The van der Waals surface area contributed by atoms with Gasteiger partial charge in [0.2, 0.25) is 0 Å². The monoisotopic (exact) mass is 360 g/mol. The summed E-state index contributed by atoms with van der Waals surface area (Å²) in [6, 6.07) is 12.3. The van der Waals surface area contributed by atoms with Crippen molar-refractivity contribution in [2.75, 3.05) is 0 Å². The van der Waals surface area contributed by atoms with Gasteiger partial charge in [-0.1, -0.05) is 12.1 Å². The highest BCUT2D eigenvalue weighted by Gasteiger charge is 2.01. The maximum atomic E-state index is 2.21. The van der Waals surface area contributed by atoms with Crippen molar-refractivity contribution in [3.05, 3.63) is 61.2 Å². The van der Waals surface area contributed by atoms with Crippen LogP contribution in [-0.4, -0.2) is 0 Å². The molecule has 0 spiro atoms. The Morgan fingerprint density at radius 2 is 0.882 bits per heavy atom. The minimum atomic E-state index is 0. The summed E-state index contributed by atoms with van der Waals surface area (Å²) in [5, 5.41) is 0. The SMILES string of the molecule is Br.Br.c1cc[n+](CCC[n+]2ccccc2)cc1. The molecule has 0 fully saturated rings. The average molecular weight is 362 g/mol. The highest BCUT2D eigenvalue weighted by Crippen LogP contribution is 1.84. The zero-order chi connectivity index (χ0) is 10.3. The summed E-state index contributed by atoms with van der Waals surface area (Å²) in [6.07, 6.45) is 9.58. The number of hydrogen-bond acceptors (Lipinski definition) is 0. The molecule has 0 aliphatic rings. The second-order valence-corrected chi connectivity index (χ2v) is 3.58. The Hall–Kier alpha value is -0.740. The largest absolute Gasteiger partial charge is 0.205 e. The minimum Gasteiger partial charge on any atom is -0.205 e. The molecule has 0 aromatic carbocycles. The molecule has 0 aliphatic carbocycles. The third-order valence-electron chi connectivity index (χ3n) is 2.39. The summed E-state index contributed by atoms with van der Waals surface area (Å²) in [5.74, 6) is 0. The van der Waals surface area contributed by atoms with Gasteiger partial charge in [0.15, 0.2) is 37.9 Å². The van der Waals surface area contributed by atoms with E-state index < -0.39 is 0 Å². The molecule has 2 rings (SSSR count). The summed E-state index contributed by atoms with van der Waals surface area (Å²) in [4.78, 5) is 0. The molecular formula is C13H18Br2N2+2. The van der Waals surface area contributed by atoms with E-state index in [1.807, 2.05) is 12.1 Å². The third-order valence-corrected chi connectivity index (χ3v) is 2.39. The van der Waals surface area contributed by atoms with E-state index in [0.29, 0.717) is 0 Å². The molecule has 0 unspecified atom stereocenters. The van der Waals surface area contributed by atoms with Gasteiger partial charge >= 0.3 is 0 Å². The zero-order valence-corrected chi connectivity index (χ0v) is 13.0. The lowest BCUT2D eigenvalue weighted by molar-refractivity contribution is -0.726. The molecule has 0 radical (unpaired) electrons. The summed E-state index contributed by atoms with van der Waals surface area (Å²) in [7, 11) is 0. The van der Waals surface area contributed by atoms with Crippen molar-refractivity contribution < 1.29 is 9.13 Å². The Bertz CT molecular complexity index is 353. The van der Waals surface area contributed by atoms with Crippen LogP contribution in [0.15, 0.2) is 61.2 Å². The Kier molecular flexibility index (Phi) is 8.90. The summed E-state index contributed by atoms with van der Waals surface area (Å²) in [6.45, 7) is 2.14. The molecule has 0 atom stereocenters. The van der Waals surface area contributed by atoms with Crippen LogP contribution < -0.4 is 9.13 Å². The van der Waals surface area contributed by atoms with Crippen LogP contribution in [0.5, 0.6) is 0 Å². The maximum absolute atomic E-state index is 2.21. The molecule has 0 N–H and O–H groups in total. The summed E-state index contributed by atoms with van der Waals surface area (Å²) in [5.41, 5.74) is 0. The first kappa shape index (κ1) is 16.3. The Morgan fingerprint density at radius 1 is 0.529 bits per heavy atom. The number of aryl methyl sites for hydroxylation is 2. The number of pyridine rings is 2. The van der Waals surface area contributed by atoms with Crippen LogP contribution in [-0.2, 0) is 13.1 Å². The normalized spacial score (nSPS) is 8.94. The van der Waals surface area contributed by atoms with Crippen molar-refractivity contribution in [3.8, 4) is 0 Å². The van der Waals surface area contributed by atoms with E-state index in [1.54, 1.807) is 0 Å². The van der Waals surface area contributed by atoms with E-state index in [2.05, 4.69) is 58.2 Å². The van der Waals surface area contributed by atoms with Crippen molar-refractivity contribution in [2.24, 2.45) is 0 Å². The van der Waals surface area contributed by atoms with E-state index in [9.17, 15) is 0 Å². The molecule has 0 bridgehead atoms. The Balaban J connectivity index is 0.00000128. The summed E-state index contributed by atoms with van der Waals surface area (Å²) < 4.78 is 4.42. The van der Waals surface area contributed by atoms with Crippen molar-refractivity contribution in [3.63, 3.8) is 0 Å². The Morgan fingerprint density at radius 3 is 1.24 bits per heavy atom. The van der Waals surface area contributed by atoms with Gasteiger partial charge in [0, 0.05) is 24.3 Å². The van der Waals surface area contributed by atoms with E-state index in [0.717, 1.165) is 19.5 Å². The van der Waals surface area contributed by atoms with Crippen LogP contribution in [0.4, 0.5) is 0 Å². The van der Waals surface area contributed by atoms with Gasteiger partial charge in [0.05, 0.1) is 6.42 Å². The van der Waals surface area contributed by atoms with Crippen molar-refractivity contribution in [1.29, 1.82) is 0 Å². The number of halogens is 2. The predicted octanol–water partition coefficient (Wildman–Crippen LogP) is 2.51. The minimum absolute atomic E-state index is 0. The van der Waals surface area contributed by atoms with Gasteiger partial charge in [-0.05, 0) is 0 Å². The highest BCUT2D eigenvalue weighted by molar-refractivity contribution is 8.93.